The molecular formula is C23H17FIN3O4. The number of aromatic amines is 1. The summed E-state index contributed by atoms with van der Waals surface area (Å²) in [5.74, 6) is 0.600. The molecule has 162 valence electrons. The molecule has 0 atom stereocenters. The summed E-state index contributed by atoms with van der Waals surface area (Å²) in [6.07, 6.45) is 1.40. The van der Waals surface area contributed by atoms with Crippen molar-refractivity contribution in [2.75, 3.05) is 7.11 Å². The number of hydrogen-bond donors (Lipinski definition) is 1. The summed E-state index contributed by atoms with van der Waals surface area (Å²) in [6, 6.07) is 16.3. The van der Waals surface area contributed by atoms with Gasteiger partial charge in [0.25, 0.3) is 5.56 Å². The van der Waals surface area contributed by atoms with Crippen LogP contribution in [0.15, 0.2) is 75.4 Å². The maximum Gasteiger partial charge on any atom is 0.349 e. The van der Waals surface area contributed by atoms with Gasteiger partial charge in [-0.2, -0.15) is 5.10 Å². The molecule has 1 N–H and O–H groups in total. The molecule has 7 nitrogen and oxygen atoms in total. The summed E-state index contributed by atoms with van der Waals surface area (Å²) < 4.78 is 26.2. The van der Waals surface area contributed by atoms with Crippen LogP contribution >= 0.6 is 22.6 Å². The number of nitrogens with zero attached hydrogens (tertiary/aromatic N) is 2. The maximum absolute atomic E-state index is 13.4. The van der Waals surface area contributed by atoms with Gasteiger partial charge in [0.1, 0.15) is 12.4 Å². The van der Waals surface area contributed by atoms with Crippen molar-refractivity contribution in [2.45, 2.75) is 6.61 Å². The van der Waals surface area contributed by atoms with E-state index in [1.807, 2.05) is 0 Å². The number of para-hydroxylation sites is 1. The number of halogens is 2. The molecule has 0 unspecified atom stereocenters. The lowest BCUT2D eigenvalue weighted by Crippen LogP contribution is -2.32. The summed E-state index contributed by atoms with van der Waals surface area (Å²) in [5.41, 5.74) is 0.580. The summed E-state index contributed by atoms with van der Waals surface area (Å²) in [7, 11) is 1.50. The van der Waals surface area contributed by atoms with Crippen LogP contribution in [-0.2, 0) is 6.61 Å². The van der Waals surface area contributed by atoms with Crippen LogP contribution in [0.3, 0.4) is 0 Å². The first kappa shape index (κ1) is 21.8. The first-order chi connectivity index (χ1) is 15.5. The van der Waals surface area contributed by atoms with E-state index >= 15 is 0 Å². The quantitative estimate of drug-likeness (QED) is 0.294. The van der Waals surface area contributed by atoms with Crippen molar-refractivity contribution in [1.29, 1.82) is 0 Å². The molecule has 4 aromatic rings. The second-order valence-electron chi connectivity index (χ2n) is 6.79. The Balaban J connectivity index is 1.63. The number of ether oxygens (including phenoxy) is 2. The van der Waals surface area contributed by atoms with Gasteiger partial charge in [-0.3, -0.25) is 4.79 Å². The van der Waals surface area contributed by atoms with Crippen LogP contribution in [-0.4, -0.2) is 23.0 Å². The Kier molecular flexibility index (Phi) is 6.35. The van der Waals surface area contributed by atoms with E-state index in [-0.39, 0.29) is 12.4 Å². The number of aromatic nitrogens is 2. The molecule has 1 heterocycles. The molecule has 0 aliphatic heterocycles. The molecule has 0 amide bonds. The standard InChI is InChI=1S/C23H17FIN3O4/c1-31-20-11-15(10-18(25)21(20)32-13-14-5-4-6-16(24)9-14)12-26-28-22(29)17-7-2-3-8-19(17)27-23(28)30/h2-12H,13H2,1H3,(H,27,30). The molecule has 32 heavy (non-hydrogen) atoms. The van der Waals surface area contributed by atoms with Gasteiger partial charge in [-0.05, 0) is 70.1 Å². The van der Waals surface area contributed by atoms with E-state index in [2.05, 4.69) is 32.7 Å². The highest BCUT2D eigenvalue weighted by molar-refractivity contribution is 14.1. The topological polar surface area (TPSA) is 85.7 Å². The first-order valence-corrected chi connectivity index (χ1v) is 10.6. The van der Waals surface area contributed by atoms with E-state index in [0.29, 0.717) is 33.5 Å². The molecule has 0 fully saturated rings. The molecule has 0 aliphatic rings. The van der Waals surface area contributed by atoms with E-state index in [1.54, 1.807) is 48.5 Å². The Bertz CT molecular complexity index is 1450. The van der Waals surface area contributed by atoms with Crippen LogP contribution in [0.1, 0.15) is 11.1 Å². The van der Waals surface area contributed by atoms with Gasteiger partial charge in [0, 0.05) is 0 Å². The lowest BCUT2D eigenvalue weighted by Gasteiger charge is -2.13. The highest BCUT2D eigenvalue weighted by atomic mass is 127. The number of hydrogen-bond acceptors (Lipinski definition) is 5. The third kappa shape index (κ3) is 4.57. The van der Waals surface area contributed by atoms with Crippen LogP contribution in [0.5, 0.6) is 11.5 Å². The second kappa shape index (κ2) is 9.35. The molecule has 1 aromatic heterocycles. The predicted molar refractivity (Wildman–Crippen MR) is 128 cm³/mol. The predicted octanol–water partition coefficient (Wildman–Crippen LogP) is 3.90. The third-order valence-electron chi connectivity index (χ3n) is 4.63. The number of benzene rings is 3. The van der Waals surface area contributed by atoms with Crippen LogP contribution in [0.4, 0.5) is 4.39 Å². The number of rotatable bonds is 6. The van der Waals surface area contributed by atoms with Crippen molar-refractivity contribution in [1.82, 2.24) is 9.66 Å². The average Bonchev–Trinajstić information content (AvgIpc) is 2.78. The Morgan fingerprint density at radius 1 is 1.12 bits per heavy atom. The van der Waals surface area contributed by atoms with E-state index in [9.17, 15) is 14.0 Å². The minimum absolute atomic E-state index is 0.166. The van der Waals surface area contributed by atoms with E-state index in [1.165, 1.54) is 25.5 Å². The molecule has 0 saturated heterocycles. The van der Waals surface area contributed by atoms with Gasteiger partial charge in [0.2, 0.25) is 0 Å². The smallest absolute Gasteiger partial charge is 0.349 e. The highest BCUT2D eigenvalue weighted by Gasteiger charge is 2.12. The van der Waals surface area contributed by atoms with Gasteiger partial charge in [0.15, 0.2) is 11.5 Å². The van der Waals surface area contributed by atoms with Crippen molar-refractivity contribution in [3.8, 4) is 11.5 Å². The van der Waals surface area contributed by atoms with Gasteiger partial charge in [-0.25, -0.2) is 9.18 Å². The minimum Gasteiger partial charge on any atom is -0.493 e. The zero-order valence-corrected chi connectivity index (χ0v) is 19.0. The molecule has 0 bridgehead atoms. The van der Waals surface area contributed by atoms with Crippen LogP contribution in [0, 0.1) is 9.39 Å². The SMILES string of the molecule is COc1cc(C=Nn2c(=O)[nH]c3ccccc3c2=O)cc(I)c1OCc1cccc(F)c1. The maximum atomic E-state index is 13.4. The normalized spacial score (nSPS) is 11.2. The monoisotopic (exact) mass is 545 g/mol. The fourth-order valence-corrected chi connectivity index (χ4v) is 3.90. The molecule has 0 radical (unpaired) electrons. The number of fused-ring (bicyclic) bond motifs is 1. The first-order valence-electron chi connectivity index (χ1n) is 9.49. The van der Waals surface area contributed by atoms with Crippen LogP contribution < -0.4 is 20.7 Å². The number of H-pyrrole nitrogens is 1. The molecule has 0 spiro atoms. The Labute approximate surface area is 195 Å². The van der Waals surface area contributed by atoms with E-state index < -0.39 is 11.2 Å². The zero-order chi connectivity index (χ0) is 22.7. The van der Waals surface area contributed by atoms with Crippen molar-refractivity contribution in [2.24, 2.45) is 5.10 Å². The van der Waals surface area contributed by atoms with Gasteiger partial charge in [-0.15, -0.1) is 4.68 Å². The summed E-state index contributed by atoms with van der Waals surface area (Å²) in [6.45, 7) is 0.166. The van der Waals surface area contributed by atoms with Gasteiger partial charge < -0.3 is 14.5 Å². The molecule has 9 heteroatoms. The Hall–Kier alpha value is -3.47. The molecule has 3 aromatic carbocycles. The fraction of sp³-hybridized carbons (Fsp3) is 0.0870. The number of methoxy groups -OCH3 is 1. The van der Waals surface area contributed by atoms with Crippen LogP contribution in [0.2, 0.25) is 0 Å². The Morgan fingerprint density at radius 3 is 2.72 bits per heavy atom. The van der Waals surface area contributed by atoms with Crippen molar-refractivity contribution in [3.63, 3.8) is 0 Å². The fourth-order valence-electron chi connectivity index (χ4n) is 3.12. The van der Waals surface area contributed by atoms with Gasteiger partial charge >= 0.3 is 5.69 Å². The molecule has 4 rings (SSSR count). The molecule has 0 saturated carbocycles. The lowest BCUT2D eigenvalue weighted by atomic mass is 10.2. The molecule has 0 aliphatic carbocycles. The minimum atomic E-state index is -0.637. The average molecular weight is 545 g/mol. The van der Waals surface area contributed by atoms with Crippen molar-refractivity contribution < 1.29 is 13.9 Å². The molecular weight excluding hydrogens is 528 g/mol. The Morgan fingerprint density at radius 2 is 1.94 bits per heavy atom. The van der Waals surface area contributed by atoms with Crippen molar-refractivity contribution >= 4 is 39.7 Å². The number of nitrogens with one attached hydrogen (secondary N) is 1. The highest BCUT2D eigenvalue weighted by Crippen LogP contribution is 2.34. The van der Waals surface area contributed by atoms with Gasteiger partial charge in [-0.1, -0.05) is 24.3 Å². The van der Waals surface area contributed by atoms with Crippen LogP contribution in [0.25, 0.3) is 10.9 Å². The van der Waals surface area contributed by atoms with Gasteiger partial charge in [0.05, 0.1) is 27.8 Å². The lowest BCUT2D eigenvalue weighted by molar-refractivity contribution is 0.282. The largest absolute Gasteiger partial charge is 0.493 e. The summed E-state index contributed by atoms with van der Waals surface area (Å²) >= 11 is 2.09. The summed E-state index contributed by atoms with van der Waals surface area (Å²) in [5, 5.41) is 4.43. The second-order valence-corrected chi connectivity index (χ2v) is 7.95. The van der Waals surface area contributed by atoms with Crippen molar-refractivity contribution in [3.05, 3.63) is 102 Å². The van der Waals surface area contributed by atoms with E-state index in [0.717, 1.165) is 8.25 Å². The summed E-state index contributed by atoms with van der Waals surface area (Å²) in [4.78, 5) is 27.5. The van der Waals surface area contributed by atoms with E-state index in [4.69, 9.17) is 9.47 Å². The third-order valence-corrected chi connectivity index (χ3v) is 5.43. The zero-order valence-electron chi connectivity index (χ0n) is 16.8.